The van der Waals surface area contributed by atoms with Gasteiger partial charge in [0.25, 0.3) is 5.91 Å². The second-order valence-electron chi connectivity index (χ2n) is 9.61. The molecule has 3 aromatic rings. The first-order valence-electron chi connectivity index (χ1n) is 13.6. The van der Waals surface area contributed by atoms with Crippen LogP contribution in [0.2, 0.25) is 15.1 Å². The van der Waals surface area contributed by atoms with Crippen molar-refractivity contribution in [3.05, 3.63) is 96.0 Å². The van der Waals surface area contributed by atoms with Crippen LogP contribution in [0.3, 0.4) is 0 Å². The Hall–Kier alpha value is -3.97. The molecule has 0 radical (unpaired) electrons. The largest absolute Gasteiger partial charge is 0.493 e. The number of nitrogens with zero attached hydrogens (tertiary/aromatic N) is 1. The normalized spacial score (nSPS) is 14.4. The molecule has 242 valence electrons. The van der Waals surface area contributed by atoms with Crippen molar-refractivity contribution in [3.63, 3.8) is 0 Å². The Bertz CT molecular complexity index is 1720. The van der Waals surface area contributed by atoms with Gasteiger partial charge in [-0.2, -0.15) is 5.10 Å². The number of carbonyl (C=O) groups excluding carboxylic acids is 3. The SMILES string of the molecule is CCOC(=O)C1=C(C)NC(=O)N[C@H]1c1ccc(OCC(=O)N/N=C/c2cc(Cl)cc(Br)c2OCc2ccc(Cl)cc2Cl)c(OC)c1. The first-order chi connectivity index (χ1) is 22.0. The third-order valence-electron chi connectivity index (χ3n) is 6.46. The Morgan fingerprint density at radius 1 is 1.04 bits per heavy atom. The van der Waals surface area contributed by atoms with Crippen molar-refractivity contribution in [2.75, 3.05) is 20.3 Å². The smallest absolute Gasteiger partial charge is 0.338 e. The van der Waals surface area contributed by atoms with E-state index in [1.807, 2.05) is 0 Å². The fourth-order valence-corrected chi connectivity index (χ4v) is 5.78. The first kappa shape index (κ1) is 34.9. The number of amides is 3. The number of urea groups is 1. The van der Waals surface area contributed by atoms with E-state index in [0.717, 1.165) is 5.56 Å². The van der Waals surface area contributed by atoms with Gasteiger partial charge in [-0.3, -0.25) is 4.79 Å². The number of hydrazone groups is 1. The van der Waals surface area contributed by atoms with E-state index in [2.05, 4.69) is 37.1 Å². The fourth-order valence-electron chi connectivity index (χ4n) is 4.37. The van der Waals surface area contributed by atoms with Crippen molar-refractivity contribution in [3.8, 4) is 17.2 Å². The molecule has 0 bridgehead atoms. The zero-order valence-electron chi connectivity index (χ0n) is 24.7. The molecule has 15 heteroatoms. The summed E-state index contributed by atoms with van der Waals surface area (Å²) in [6, 6.07) is 11.9. The minimum absolute atomic E-state index is 0.141. The Morgan fingerprint density at radius 2 is 1.83 bits per heavy atom. The monoisotopic (exact) mass is 752 g/mol. The summed E-state index contributed by atoms with van der Waals surface area (Å²) in [7, 11) is 1.42. The predicted molar refractivity (Wildman–Crippen MR) is 178 cm³/mol. The van der Waals surface area contributed by atoms with E-state index in [1.54, 1.807) is 62.4 Å². The summed E-state index contributed by atoms with van der Waals surface area (Å²) in [5.74, 6) is -0.180. The van der Waals surface area contributed by atoms with Crippen LogP contribution in [0.15, 0.2) is 69.4 Å². The van der Waals surface area contributed by atoms with Gasteiger partial charge in [-0.15, -0.1) is 0 Å². The highest BCUT2D eigenvalue weighted by Crippen LogP contribution is 2.35. The summed E-state index contributed by atoms with van der Waals surface area (Å²) in [6.45, 7) is 3.22. The Labute approximate surface area is 288 Å². The minimum atomic E-state index is -0.794. The predicted octanol–water partition coefficient (Wildman–Crippen LogP) is 6.72. The molecule has 0 unspecified atom stereocenters. The average molecular weight is 755 g/mol. The van der Waals surface area contributed by atoms with Crippen molar-refractivity contribution in [1.82, 2.24) is 16.1 Å². The minimum Gasteiger partial charge on any atom is -0.493 e. The molecule has 1 atom stereocenters. The van der Waals surface area contributed by atoms with Crippen molar-refractivity contribution >= 4 is 74.9 Å². The first-order valence-corrected chi connectivity index (χ1v) is 15.6. The van der Waals surface area contributed by atoms with Crippen LogP contribution < -0.4 is 30.3 Å². The maximum atomic E-state index is 12.6. The Morgan fingerprint density at radius 3 is 2.54 bits per heavy atom. The number of benzene rings is 3. The number of rotatable bonds is 12. The van der Waals surface area contributed by atoms with Crippen LogP contribution in [-0.4, -0.2) is 44.4 Å². The van der Waals surface area contributed by atoms with E-state index in [-0.39, 0.29) is 30.3 Å². The summed E-state index contributed by atoms with van der Waals surface area (Å²) in [4.78, 5) is 37.4. The number of halogens is 4. The highest BCUT2D eigenvalue weighted by molar-refractivity contribution is 9.10. The molecule has 0 aliphatic carbocycles. The molecule has 11 nitrogen and oxygen atoms in total. The van der Waals surface area contributed by atoms with Crippen LogP contribution in [0.25, 0.3) is 0 Å². The van der Waals surface area contributed by atoms with Crippen LogP contribution in [0, 0.1) is 0 Å². The molecule has 3 amide bonds. The van der Waals surface area contributed by atoms with Gasteiger partial charge in [0, 0.05) is 31.9 Å². The molecule has 0 saturated carbocycles. The molecule has 0 fully saturated rings. The second kappa shape index (κ2) is 16.0. The number of methoxy groups -OCH3 is 1. The molecule has 4 rings (SSSR count). The Balaban J connectivity index is 1.42. The molecule has 0 saturated heterocycles. The number of ether oxygens (including phenoxy) is 4. The molecule has 3 aromatic carbocycles. The lowest BCUT2D eigenvalue weighted by molar-refractivity contribution is -0.139. The highest BCUT2D eigenvalue weighted by Gasteiger charge is 2.32. The van der Waals surface area contributed by atoms with Crippen molar-refractivity contribution in [1.29, 1.82) is 0 Å². The van der Waals surface area contributed by atoms with Gasteiger partial charge in [0.1, 0.15) is 12.4 Å². The van der Waals surface area contributed by atoms with Crippen LogP contribution in [0.1, 0.15) is 36.6 Å². The summed E-state index contributed by atoms with van der Waals surface area (Å²) in [5, 5.41) is 10.7. The van der Waals surface area contributed by atoms with Crippen LogP contribution in [0.4, 0.5) is 4.79 Å². The standard InChI is InChI=1S/C31H28BrCl3N4O7/c1-4-44-30(41)27-16(2)37-31(42)38-28(27)17-6-8-24(25(10-17)43-3)45-15-26(40)39-36-13-19-9-21(34)11-22(32)29(19)46-14-18-5-7-20(33)12-23(18)35/h5-13,28H,4,14-15H2,1-3H3,(H,39,40)(H2,37,38,42)/b36-13+/t28-/m0/s1. The lowest BCUT2D eigenvalue weighted by atomic mass is 9.95. The van der Waals surface area contributed by atoms with Gasteiger partial charge < -0.3 is 29.6 Å². The van der Waals surface area contributed by atoms with Crippen molar-refractivity contribution in [2.24, 2.45) is 5.10 Å². The van der Waals surface area contributed by atoms with Crippen LogP contribution >= 0.6 is 50.7 Å². The highest BCUT2D eigenvalue weighted by atomic mass is 79.9. The Kier molecular flexibility index (Phi) is 12.2. The van der Waals surface area contributed by atoms with E-state index in [4.69, 9.17) is 53.8 Å². The third-order valence-corrected chi connectivity index (χ3v) is 7.86. The van der Waals surface area contributed by atoms with E-state index in [0.29, 0.717) is 42.1 Å². The van der Waals surface area contributed by atoms with Gasteiger partial charge in [0.05, 0.1) is 36.0 Å². The summed E-state index contributed by atoms with van der Waals surface area (Å²) >= 11 is 21.9. The topological polar surface area (TPSA) is 137 Å². The molecule has 1 heterocycles. The summed E-state index contributed by atoms with van der Waals surface area (Å²) in [6.07, 6.45) is 1.38. The summed E-state index contributed by atoms with van der Waals surface area (Å²) < 4.78 is 22.9. The van der Waals surface area contributed by atoms with Crippen LogP contribution in [0.5, 0.6) is 17.2 Å². The van der Waals surface area contributed by atoms with Gasteiger partial charge in [0.2, 0.25) is 0 Å². The zero-order valence-corrected chi connectivity index (χ0v) is 28.6. The van der Waals surface area contributed by atoms with Gasteiger partial charge in [-0.1, -0.05) is 46.9 Å². The third kappa shape index (κ3) is 8.85. The number of carbonyl (C=O) groups is 3. The number of nitrogens with one attached hydrogen (secondary N) is 3. The van der Waals surface area contributed by atoms with Crippen LogP contribution in [-0.2, 0) is 20.9 Å². The molecule has 0 aromatic heterocycles. The van der Waals surface area contributed by atoms with E-state index < -0.39 is 30.6 Å². The van der Waals surface area contributed by atoms with Gasteiger partial charge >= 0.3 is 12.0 Å². The molecule has 0 spiro atoms. The molecule has 1 aliphatic rings. The number of hydrogen-bond acceptors (Lipinski definition) is 8. The van der Waals surface area contributed by atoms with Crippen molar-refractivity contribution in [2.45, 2.75) is 26.5 Å². The quantitative estimate of drug-likeness (QED) is 0.106. The van der Waals surface area contributed by atoms with E-state index >= 15 is 0 Å². The van der Waals surface area contributed by atoms with E-state index in [9.17, 15) is 14.4 Å². The van der Waals surface area contributed by atoms with Gasteiger partial charge in [-0.05, 0) is 71.7 Å². The average Bonchev–Trinajstić information content (AvgIpc) is 3.00. The lowest BCUT2D eigenvalue weighted by Gasteiger charge is -2.28. The molecule has 3 N–H and O–H groups in total. The molecule has 46 heavy (non-hydrogen) atoms. The number of allylic oxidation sites excluding steroid dienone is 1. The number of esters is 1. The second-order valence-corrected chi connectivity index (χ2v) is 11.7. The summed E-state index contributed by atoms with van der Waals surface area (Å²) in [5.41, 5.74) is 4.77. The molecular formula is C31H28BrCl3N4O7. The fraction of sp³-hybridized carbons (Fsp3) is 0.226. The van der Waals surface area contributed by atoms with Crippen molar-refractivity contribution < 1.29 is 33.3 Å². The zero-order chi connectivity index (χ0) is 33.4. The lowest BCUT2D eigenvalue weighted by Crippen LogP contribution is -2.45. The molecule has 1 aliphatic heterocycles. The number of hydrogen-bond donors (Lipinski definition) is 3. The van der Waals surface area contributed by atoms with E-state index in [1.165, 1.54) is 13.3 Å². The maximum Gasteiger partial charge on any atom is 0.338 e. The van der Waals surface area contributed by atoms with Gasteiger partial charge in [0.15, 0.2) is 18.1 Å². The maximum absolute atomic E-state index is 12.6. The molecular weight excluding hydrogens is 727 g/mol. The van der Waals surface area contributed by atoms with Gasteiger partial charge in [-0.25, -0.2) is 15.0 Å².